The standard InChI is InChI=1S/C18H24N2O3S/c1-5-12-19-24(22,23)17-10-6-15(7-11-17)18(21)20(16-8-9-16)14(4)13(2)3/h1,6-7,10-11,13-14,16,19H,8-9,12H2,2-4H3/t14-/m0/s1. The molecule has 24 heavy (non-hydrogen) atoms. The van der Waals surface area contributed by atoms with Gasteiger partial charge >= 0.3 is 0 Å². The largest absolute Gasteiger partial charge is 0.333 e. The Morgan fingerprint density at radius 1 is 1.29 bits per heavy atom. The first-order chi connectivity index (χ1) is 11.3. The van der Waals surface area contributed by atoms with E-state index in [9.17, 15) is 13.2 Å². The van der Waals surface area contributed by atoms with E-state index in [0.717, 1.165) is 12.8 Å². The highest BCUT2D eigenvalue weighted by atomic mass is 32.2. The maximum Gasteiger partial charge on any atom is 0.254 e. The molecule has 1 aromatic carbocycles. The first kappa shape index (κ1) is 18.5. The van der Waals surface area contributed by atoms with E-state index in [1.54, 1.807) is 12.1 Å². The summed E-state index contributed by atoms with van der Waals surface area (Å²) in [4.78, 5) is 14.9. The molecule has 1 N–H and O–H groups in total. The SMILES string of the molecule is C#CCNS(=O)(=O)c1ccc(C(=O)N(C2CC2)[C@@H](C)C(C)C)cc1. The minimum atomic E-state index is -3.64. The smallest absolute Gasteiger partial charge is 0.254 e. The van der Waals surface area contributed by atoms with Gasteiger partial charge in [0.2, 0.25) is 10.0 Å². The fourth-order valence-corrected chi connectivity index (χ4v) is 3.44. The van der Waals surface area contributed by atoms with Crippen molar-refractivity contribution in [1.29, 1.82) is 0 Å². The molecule has 0 spiro atoms. The summed E-state index contributed by atoms with van der Waals surface area (Å²) in [5, 5.41) is 0. The molecule has 0 aromatic heterocycles. The summed E-state index contributed by atoms with van der Waals surface area (Å²) in [6.07, 6.45) is 7.14. The topological polar surface area (TPSA) is 66.5 Å². The zero-order valence-corrected chi connectivity index (χ0v) is 15.1. The molecule has 130 valence electrons. The number of amides is 1. The van der Waals surface area contributed by atoms with Crippen LogP contribution in [0.2, 0.25) is 0 Å². The molecule has 1 fully saturated rings. The zero-order chi connectivity index (χ0) is 17.9. The monoisotopic (exact) mass is 348 g/mol. The lowest BCUT2D eigenvalue weighted by Gasteiger charge is -2.32. The molecular formula is C18H24N2O3S. The van der Waals surface area contributed by atoms with Crippen molar-refractivity contribution in [2.24, 2.45) is 5.92 Å². The Bertz CT molecular complexity index is 729. The van der Waals surface area contributed by atoms with Crippen LogP contribution in [-0.2, 0) is 10.0 Å². The Kier molecular flexibility index (Phi) is 5.68. The first-order valence-corrected chi connectivity index (χ1v) is 9.62. The third-order valence-electron chi connectivity index (χ3n) is 4.35. The summed E-state index contributed by atoms with van der Waals surface area (Å²) in [6.45, 7) is 6.19. The Morgan fingerprint density at radius 3 is 2.33 bits per heavy atom. The number of hydrogen-bond donors (Lipinski definition) is 1. The summed E-state index contributed by atoms with van der Waals surface area (Å²) in [5.41, 5.74) is 0.505. The summed E-state index contributed by atoms with van der Waals surface area (Å²) in [7, 11) is -3.64. The van der Waals surface area contributed by atoms with Crippen molar-refractivity contribution in [3.8, 4) is 12.3 Å². The molecule has 1 aromatic rings. The van der Waals surface area contributed by atoms with Gasteiger partial charge in [0.15, 0.2) is 0 Å². The van der Waals surface area contributed by atoms with Crippen LogP contribution < -0.4 is 4.72 Å². The van der Waals surface area contributed by atoms with Gasteiger partial charge in [-0.25, -0.2) is 8.42 Å². The van der Waals surface area contributed by atoms with Crippen molar-refractivity contribution in [1.82, 2.24) is 9.62 Å². The minimum Gasteiger partial charge on any atom is -0.333 e. The fourth-order valence-electron chi connectivity index (χ4n) is 2.50. The molecule has 6 heteroatoms. The molecule has 0 heterocycles. The minimum absolute atomic E-state index is 0.0424. The van der Waals surface area contributed by atoms with E-state index in [0.29, 0.717) is 17.5 Å². The van der Waals surface area contributed by atoms with Crippen LogP contribution in [0.25, 0.3) is 0 Å². The maximum atomic E-state index is 12.8. The van der Waals surface area contributed by atoms with Gasteiger partial charge in [-0.15, -0.1) is 6.42 Å². The number of sulfonamides is 1. The van der Waals surface area contributed by atoms with Gasteiger partial charge in [-0.1, -0.05) is 19.8 Å². The quantitative estimate of drug-likeness (QED) is 0.769. The lowest BCUT2D eigenvalue weighted by molar-refractivity contribution is 0.0627. The maximum absolute atomic E-state index is 12.8. The highest BCUT2D eigenvalue weighted by Gasteiger charge is 2.37. The molecule has 0 saturated heterocycles. The van der Waals surface area contributed by atoms with Crippen LogP contribution in [-0.4, -0.2) is 37.9 Å². The number of nitrogens with one attached hydrogen (secondary N) is 1. The van der Waals surface area contributed by atoms with Gasteiger partial charge in [-0.2, -0.15) is 4.72 Å². The van der Waals surface area contributed by atoms with E-state index in [1.807, 2.05) is 4.90 Å². The number of benzene rings is 1. The van der Waals surface area contributed by atoms with Gasteiger partial charge in [0, 0.05) is 17.6 Å². The van der Waals surface area contributed by atoms with E-state index in [4.69, 9.17) is 6.42 Å². The molecule has 1 saturated carbocycles. The third-order valence-corrected chi connectivity index (χ3v) is 5.77. The van der Waals surface area contributed by atoms with E-state index in [1.165, 1.54) is 12.1 Å². The number of nitrogens with zero attached hydrogens (tertiary/aromatic N) is 1. The van der Waals surface area contributed by atoms with Crippen LogP contribution in [0.5, 0.6) is 0 Å². The van der Waals surface area contributed by atoms with Gasteiger partial charge in [0.1, 0.15) is 0 Å². The van der Waals surface area contributed by atoms with Crippen molar-refractivity contribution >= 4 is 15.9 Å². The molecule has 0 bridgehead atoms. The van der Waals surface area contributed by atoms with Crippen molar-refractivity contribution in [2.75, 3.05) is 6.54 Å². The highest BCUT2D eigenvalue weighted by molar-refractivity contribution is 7.89. The second-order valence-electron chi connectivity index (χ2n) is 6.48. The van der Waals surface area contributed by atoms with Crippen LogP contribution in [0.1, 0.15) is 44.0 Å². The molecule has 5 nitrogen and oxygen atoms in total. The highest BCUT2D eigenvalue weighted by Crippen LogP contribution is 2.32. The molecule has 0 radical (unpaired) electrons. The average Bonchev–Trinajstić information content (AvgIpc) is 3.38. The zero-order valence-electron chi connectivity index (χ0n) is 14.3. The molecule has 1 aliphatic rings. The second kappa shape index (κ2) is 7.37. The van der Waals surface area contributed by atoms with Crippen LogP contribution in [0.15, 0.2) is 29.2 Å². The number of rotatable bonds is 7. The summed E-state index contributed by atoms with van der Waals surface area (Å²) in [5.74, 6) is 2.55. The lowest BCUT2D eigenvalue weighted by atomic mass is 10.0. The van der Waals surface area contributed by atoms with E-state index in [-0.39, 0.29) is 23.4 Å². The van der Waals surface area contributed by atoms with Crippen LogP contribution in [0.3, 0.4) is 0 Å². The predicted octanol–water partition coefficient (Wildman–Crippen LogP) is 2.25. The average molecular weight is 348 g/mol. The van der Waals surface area contributed by atoms with Crippen LogP contribution >= 0.6 is 0 Å². The van der Waals surface area contributed by atoms with E-state index >= 15 is 0 Å². The molecule has 2 rings (SSSR count). The lowest BCUT2D eigenvalue weighted by Crippen LogP contribution is -2.43. The molecule has 0 unspecified atom stereocenters. The molecular weight excluding hydrogens is 324 g/mol. The summed E-state index contributed by atoms with van der Waals surface area (Å²) < 4.78 is 26.3. The number of carbonyl (C=O) groups excluding carboxylic acids is 1. The fraction of sp³-hybridized carbons (Fsp3) is 0.500. The van der Waals surface area contributed by atoms with E-state index < -0.39 is 10.0 Å². The Balaban J connectivity index is 2.20. The van der Waals surface area contributed by atoms with Crippen LogP contribution in [0.4, 0.5) is 0 Å². The predicted molar refractivity (Wildman–Crippen MR) is 94.0 cm³/mol. The second-order valence-corrected chi connectivity index (χ2v) is 8.25. The number of terminal acetylenes is 1. The molecule has 0 aliphatic heterocycles. The van der Waals surface area contributed by atoms with E-state index in [2.05, 4.69) is 31.4 Å². The molecule has 1 amide bonds. The van der Waals surface area contributed by atoms with Gasteiger partial charge in [0.05, 0.1) is 11.4 Å². The third kappa shape index (κ3) is 4.16. The van der Waals surface area contributed by atoms with Crippen molar-refractivity contribution in [3.05, 3.63) is 29.8 Å². The summed E-state index contributed by atoms with van der Waals surface area (Å²) >= 11 is 0. The Hall–Kier alpha value is -1.84. The van der Waals surface area contributed by atoms with Gasteiger partial charge in [-0.05, 0) is 49.9 Å². The van der Waals surface area contributed by atoms with Crippen molar-refractivity contribution in [2.45, 2.75) is 50.6 Å². The Labute approximate surface area is 144 Å². The normalized spacial score (nSPS) is 15.8. The molecule has 1 atom stereocenters. The van der Waals surface area contributed by atoms with Crippen molar-refractivity contribution in [3.63, 3.8) is 0 Å². The molecule has 1 aliphatic carbocycles. The first-order valence-electron chi connectivity index (χ1n) is 8.13. The van der Waals surface area contributed by atoms with Crippen LogP contribution in [0, 0.1) is 18.3 Å². The number of hydrogen-bond acceptors (Lipinski definition) is 3. The number of carbonyl (C=O) groups is 1. The Morgan fingerprint density at radius 2 is 1.88 bits per heavy atom. The van der Waals surface area contributed by atoms with Crippen molar-refractivity contribution < 1.29 is 13.2 Å². The van der Waals surface area contributed by atoms with Gasteiger partial charge in [-0.3, -0.25) is 4.79 Å². The van der Waals surface area contributed by atoms with Gasteiger partial charge in [0.25, 0.3) is 5.91 Å². The van der Waals surface area contributed by atoms with Gasteiger partial charge < -0.3 is 4.90 Å². The summed E-state index contributed by atoms with van der Waals surface area (Å²) in [6, 6.07) is 6.46.